The predicted molar refractivity (Wildman–Crippen MR) is 57.2 cm³/mol. The standard InChI is InChI=1S/C12H17NO/c1-13(2)11-8-7-9-5-3-4-6-10(9)12(11)14/h3-6,11-12,14H,7-8H2,1-2H3/t11-,12+/m0/s1. The number of nitrogens with zero attached hydrogens (tertiary/aromatic N) is 1. The summed E-state index contributed by atoms with van der Waals surface area (Å²) in [5, 5.41) is 10.1. The van der Waals surface area contributed by atoms with Crippen molar-refractivity contribution in [3.05, 3.63) is 35.4 Å². The molecule has 0 fully saturated rings. The molecular formula is C12H17NO. The van der Waals surface area contributed by atoms with Gasteiger partial charge in [-0.2, -0.15) is 0 Å². The Morgan fingerprint density at radius 3 is 2.71 bits per heavy atom. The third kappa shape index (κ3) is 1.56. The summed E-state index contributed by atoms with van der Waals surface area (Å²) in [6.07, 6.45) is 1.80. The van der Waals surface area contributed by atoms with Crippen molar-refractivity contribution >= 4 is 0 Å². The molecule has 2 nitrogen and oxygen atoms in total. The molecule has 0 saturated carbocycles. The Labute approximate surface area is 85.2 Å². The fraction of sp³-hybridized carbons (Fsp3) is 0.500. The number of likely N-dealkylation sites (N-methyl/N-ethyl adjacent to an activating group) is 1. The van der Waals surface area contributed by atoms with Crippen LogP contribution in [0, 0.1) is 0 Å². The molecule has 2 rings (SSSR count). The van der Waals surface area contributed by atoms with Gasteiger partial charge in [0.1, 0.15) is 0 Å². The third-order valence-corrected chi connectivity index (χ3v) is 3.11. The second kappa shape index (κ2) is 3.71. The quantitative estimate of drug-likeness (QED) is 0.728. The van der Waals surface area contributed by atoms with Gasteiger partial charge in [-0.25, -0.2) is 0 Å². The molecule has 1 aliphatic rings. The molecule has 0 bridgehead atoms. The van der Waals surface area contributed by atoms with E-state index in [0.29, 0.717) is 0 Å². The van der Waals surface area contributed by atoms with E-state index in [4.69, 9.17) is 0 Å². The minimum Gasteiger partial charge on any atom is -0.387 e. The summed E-state index contributed by atoms with van der Waals surface area (Å²) in [6, 6.07) is 8.46. The van der Waals surface area contributed by atoms with Gasteiger partial charge in [-0.3, -0.25) is 0 Å². The number of aryl methyl sites for hydroxylation is 1. The Hall–Kier alpha value is -0.860. The Morgan fingerprint density at radius 2 is 2.00 bits per heavy atom. The van der Waals surface area contributed by atoms with Crippen LogP contribution in [0.5, 0.6) is 0 Å². The molecule has 1 N–H and O–H groups in total. The summed E-state index contributed by atoms with van der Waals surface area (Å²) >= 11 is 0. The highest BCUT2D eigenvalue weighted by molar-refractivity contribution is 5.32. The number of rotatable bonds is 1. The zero-order valence-electron chi connectivity index (χ0n) is 8.77. The van der Waals surface area contributed by atoms with Crippen LogP contribution in [0.1, 0.15) is 23.7 Å². The Morgan fingerprint density at radius 1 is 1.29 bits per heavy atom. The van der Waals surface area contributed by atoms with Crippen molar-refractivity contribution in [2.45, 2.75) is 25.0 Å². The third-order valence-electron chi connectivity index (χ3n) is 3.11. The lowest BCUT2D eigenvalue weighted by molar-refractivity contribution is 0.0628. The van der Waals surface area contributed by atoms with Crippen LogP contribution in [0.3, 0.4) is 0 Å². The lowest BCUT2D eigenvalue weighted by atomic mass is 9.85. The van der Waals surface area contributed by atoms with Gasteiger partial charge >= 0.3 is 0 Å². The summed E-state index contributed by atoms with van der Waals surface area (Å²) in [4.78, 5) is 2.11. The minimum absolute atomic E-state index is 0.268. The predicted octanol–water partition coefficient (Wildman–Crippen LogP) is 1.60. The summed E-state index contributed by atoms with van der Waals surface area (Å²) in [5.74, 6) is 0. The first-order valence-corrected chi connectivity index (χ1v) is 5.12. The molecule has 76 valence electrons. The Bertz CT molecular complexity index is 322. The highest BCUT2D eigenvalue weighted by Crippen LogP contribution is 2.31. The molecule has 2 heteroatoms. The SMILES string of the molecule is CN(C)[C@H]1CCc2ccccc2[C@H]1O. The number of aliphatic hydroxyl groups excluding tert-OH is 1. The van der Waals surface area contributed by atoms with Gasteiger partial charge in [0.2, 0.25) is 0 Å². The first kappa shape index (κ1) is 9.69. The first-order valence-electron chi connectivity index (χ1n) is 5.12. The van der Waals surface area contributed by atoms with Gasteiger partial charge in [0.05, 0.1) is 6.10 Å². The minimum atomic E-state index is -0.324. The van der Waals surface area contributed by atoms with Crippen LogP contribution in [-0.2, 0) is 6.42 Å². The van der Waals surface area contributed by atoms with E-state index < -0.39 is 0 Å². The molecule has 14 heavy (non-hydrogen) atoms. The largest absolute Gasteiger partial charge is 0.387 e. The molecule has 1 aliphatic carbocycles. The fourth-order valence-electron chi connectivity index (χ4n) is 2.26. The molecule has 0 unspecified atom stereocenters. The van der Waals surface area contributed by atoms with Gasteiger partial charge in [-0.15, -0.1) is 0 Å². The first-order chi connectivity index (χ1) is 6.70. The average molecular weight is 191 g/mol. The van der Waals surface area contributed by atoms with Crippen molar-refractivity contribution in [2.24, 2.45) is 0 Å². The lowest BCUT2D eigenvalue weighted by Crippen LogP contribution is -2.37. The number of fused-ring (bicyclic) bond motifs is 1. The Balaban J connectivity index is 2.31. The highest BCUT2D eigenvalue weighted by Gasteiger charge is 2.28. The smallest absolute Gasteiger partial charge is 0.0947 e. The number of hydrogen-bond donors (Lipinski definition) is 1. The van der Waals surface area contributed by atoms with Crippen LogP contribution >= 0.6 is 0 Å². The second-order valence-corrected chi connectivity index (χ2v) is 4.21. The van der Waals surface area contributed by atoms with E-state index in [1.165, 1.54) is 5.56 Å². The van der Waals surface area contributed by atoms with Gasteiger partial charge in [0.15, 0.2) is 0 Å². The van der Waals surface area contributed by atoms with E-state index in [1.807, 2.05) is 32.3 Å². The second-order valence-electron chi connectivity index (χ2n) is 4.21. The maximum absolute atomic E-state index is 10.1. The van der Waals surface area contributed by atoms with Gasteiger partial charge < -0.3 is 10.0 Å². The molecule has 2 atom stereocenters. The molecule has 0 amide bonds. The van der Waals surface area contributed by atoms with E-state index in [-0.39, 0.29) is 12.1 Å². The van der Waals surface area contributed by atoms with Crippen LogP contribution in [0.2, 0.25) is 0 Å². The van der Waals surface area contributed by atoms with Gasteiger partial charge in [-0.05, 0) is 38.1 Å². The average Bonchev–Trinajstić information content (AvgIpc) is 2.18. The van der Waals surface area contributed by atoms with E-state index >= 15 is 0 Å². The van der Waals surface area contributed by atoms with Crippen molar-refractivity contribution in [1.82, 2.24) is 4.90 Å². The molecule has 1 aromatic rings. The molecule has 0 spiro atoms. The summed E-state index contributed by atoms with van der Waals surface area (Å²) < 4.78 is 0. The Kier molecular flexibility index (Phi) is 2.57. The maximum Gasteiger partial charge on any atom is 0.0947 e. The van der Waals surface area contributed by atoms with E-state index in [1.54, 1.807) is 0 Å². The monoisotopic (exact) mass is 191 g/mol. The summed E-state index contributed by atoms with van der Waals surface area (Å²) in [7, 11) is 4.06. The van der Waals surface area contributed by atoms with Crippen LogP contribution in [0.4, 0.5) is 0 Å². The van der Waals surface area contributed by atoms with Crippen molar-refractivity contribution in [3.63, 3.8) is 0 Å². The van der Waals surface area contributed by atoms with Crippen LogP contribution in [0.15, 0.2) is 24.3 Å². The zero-order valence-corrected chi connectivity index (χ0v) is 8.77. The molecule has 1 aromatic carbocycles. The molecule has 0 heterocycles. The van der Waals surface area contributed by atoms with E-state index in [2.05, 4.69) is 11.0 Å². The van der Waals surface area contributed by atoms with Crippen LogP contribution < -0.4 is 0 Å². The maximum atomic E-state index is 10.1. The molecule has 0 aliphatic heterocycles. The number of aliphatic hydroxyl groups is 1. The molecule has 0 saturated heterocycles. The lowest BCUT2D eigenvalue weighted by Gasteiger charge is -2.34. The van der Waals surface area contributed by atoms with E-state index in [0.717, 1.165) is 18.4 Å². The number of hydrogen-bond acceptors (Lipinski definition) is 2. The van der Waals surface area contributed by atoms with Crippen molar-refractivity contribution < 1.29 is 5.11 Å². The topological polar surface area (TPSA) is 23.5 Å². The van der Waals surface area contributed by atoms with Gasteiger partial charge in [0, 0.05) is 6.04 Å². The van der Waals surface area contributed by atoms with Crippen molar-refractivity contribution in [3.8, 4) is 0 Å². The molecular weight excluding hydrogens is 174 g/mol. The van der Waals surface area contributed by atoms with Crippen molar-refractivity contribution in [1.29, 1.82) is 0 Å². The summed E-state index contributed by atoms with van der Waals surface area (Å²) in [5.41, 5.74) is 2.41. The molecule has 0 radical (unpaired) electrons. The van der Waals surface area contributed by atoms with Crippen molar-refractivity contribution in [2.75, 3.05) is 14.1 Å². The van der Waals surface area contributed by atoms with E-state index in [9.17, 15) is 5.11 Å². The summed E-state index contributed by atoms with van der Waals surface area (Å²) in [6.45, 7) is 0. The highest BCUT2D eigenvalue weighted by atomic mass is 16.3. The van der Waals surface area contributed by atoms with Gasteiger partial charge in [-0.1, -0.05) is 24.3 Å². The van der Waals surface area contributed by atoms with Gasteiger partial charge in [0.25, 0.3) is 0 Å². The number of benzene rings is 1. The fourth-order valence-corrected chi connectivity index (χ4v) is 2.26. The molecule has 0 aromatic heterocycles. The van der Waals surface area contributed by atoms with Crippen LogP contribution in [0.25, 0.3) is 0 Å². The zero-order chi connectivity index (χ0) is 10.1. The van der Waals surface area contributed by atoms with Crippen LogP contribution in [-0.4, -0.2) is 30.1 Å². The normalized spacial score (nSPS) is 26.3.